The Morgan fingerprint density at radius 1 is 1.09 bits per heavy atom. The topological polar surface area (TPSA) is 76.0 Å². The van der Waals surface area contributed by atoms with Crippen molar-refractivity contribution >= 4 is 22.8 Å². The van der Waals surface area contributed by atoms with Crippen molar-refractivity contribution in [2.75, 3.05) is 5.32 Å². The van der Waals surface area contributed by atoms with Gasteiger partial charge in [-0.2, -0.15) is 13.2 Å². The van der Waals surface area contributed by atoms with E-state index in [1.807, 2.05) is 20.8 Å². The number of alkyl halides is 3. The van der Waals surface area contributed by atoms with Crippen LogP contribution in [0.4, 0.5) is 32.2 Å². The van der Waals surface area contributed by atoms with Gasteiger partial charge in [-0.15, -0.1) is 0 Å². The number of anilines is 1. The highest BCUT2D eigenvalue weighted by atomic mass is 19.4. The van der Waals surface area contributed by atoms with Gasteiger partial charge in [-0.1, -0.05) is 6.92 Å². The lowest BCUT2D eigenvalue weighted by Gasteiger charge is -2.22. The van der Waals surface area contributed by atoms with Crippen LogP contribution in [0, 0.1) is 17.5 Å². The van der Waals surface area contributed by atoms with Gasteiger partial charge in [0, 0.05) is 23.9 Å². The normalized spacial score (nSPS) is 13.1. The van der Waals surface area contributed by atoms with E-state index in [0.29, 0.717) is 22.9 Å². The van der Waals surface area contributed by atoms with E-state index in [-0.39, 0.29) is 16.9 Å². The number of hydrogen-bond donors (Lipinski definition) is 2. The Bertz CT molecular complexity index is 1320. The molecule has 0 radical (unpaired) electrons. The predicted octanol–water partition coefficient (Wildman–Crippen LogP) is 5.08. The fraction of sp³-hybridized carbons (Fsp3) is 0.348. The van der Waals surface area contributed by atoms with Crippen molar-refractivity contribution in [1.82, 2.24) is 14.9 Å². The van der Waals surface area contributed by atoms with Crippen LogP contribution < -0.4 is 16.1 Å². The molecular formula is C23H22F6N4O2. The standard InChI is InChI=1S/C23H22F6N4O2/c1-5-16(23(27,28)29)30-21(35)13-10-33(18-14(25)8-11(24)9-15(18)26)20-12(19(13)34)6-7-17(31-20)32-22(2,3)4/h6-10,16H,5H2,1-4H3,(H,30,35)(H,31,32). The third kappa shape index (κ3) is 5.57. The Morgan fingerprint density at radius 3 is 2.20 bits per heavy atom. The second kappa shape index (κ2) is 9.23. The molecule has 0 bridgehead atoms. The summed E-state index contributed by atoms with van der Waals surface area (Å²) < 4.78 is 83.1. The van der Waals surface area contributed by atoms with Crippen LogP contribution in [0.5, 0.6) is 0 Å². The van der Waals surface area contributed by atoms with E-state index in [0.717, 1.165) is 0 Å². The lowest BCUT2D eigenvalue weighted by atomic mass is 10.1. The van der Waals surface area contributed by atoms with E-state index >= 15 is 0 Å². The number of amides is 1. The van der Waals surface area contributed by atoms with E-state index in [1.54, 1.807) is 5.32 Å². The van der Waals surface area contributed by atoms with Gasteiger partial charge in [-0.05, 0) is 39.3 Å². The van der Waals surface area contributed by atoms with E-state index < -0.39 is 64.2 Å². The fourth-order valence-corrected chi connectivity index (χ4v) is 3.41. The van der Waals surface area contributed by atoms with Crippen molar-refractivity contribution in [1.29, 1.82) is 0 Å². The van der Waals surface area contributed by atoms with Gasteiger partial charge in [0.15, 0.2) is 17.3 Å². The minimum Gasteiger partial charge on any atom is -0.365 e. The molecule has 3 rings (SSSR count). The maximum absolute atomic E-state index is 14.7. The van der Waals surface area contributed by atoms with Crippen LogP contribution in [-0.2, 0) is 0 Å². The number of nitrogens with zero attached hydrogens (tertiary/aromatic N) is 2. The highest BCUT2D eigenvalue weighted by Crippen LogP contribution is 2.26. The molecule has 0 aliphatic rings. The first-order chi connectivity index (χ1) is 16.1. The minimum absolute atomic E-state index is 0.210. The first-order valence-electron chi connectivity index (χ1n) is 10.5. The largest absolute Gasteiger partial charge is 0.408 e. The molecule has 1 amide bonds. The molecular weight excluding hydrogens is 478 g/mol. The third-order valence-corrected chi connectivity index (χ3v) is 4.93. The van der Waals surface area contributed by atoms with E-state index in [4.69, 9.17) is 0 Å². The molecule has 2 N–H and O–H groups in total. The lowest BCUT2D eigenvalue weighted by Crippen LogP contribution is -2.46. The Kier molecular flexibility index (Phi) is 6.87. The number of pyridine rings is 2. The van der Waals surface area contributed by atoms with Gasteiger partial charge in [0.05, 0.1) is 5.39 Å². The average molecular weight is 500 g/mol. The number of carbonyl (C=O) groups excluding carboxylic acids is 1. The summed E-state index contributed by atoms with van der Waals surface area (Å²) in [7, 11) is 0. The maximum Gasteiger partial charge on any atom is 0.408 e. The molecule has 1 aromatic carbocycles. The van der Waals surface area contributed by atoms with Crippen LogP contribution in [0.25, 0.3) is 16.7 Å². The Labute approximate surface area is 196 Å². The summed E-state index contributed by atoms with van der Waals surface area (Å²) >= 11 is 0. The van der Waals surface area contributed by atoms with Gasteiger partial charge in [0.2, 0.25) is 5.43 Å². The van der Waals surface area contributed by atoms with Gasteiger partial charge in [0.1, 0.15) is 28.9 Å². The van der Waals surface area contributed by atoms with Crippen LogP contribution in [0.3, 0.4) is 0 Å². The number of carbonyl (C=O) groups is 1. The molecule has 0 fully saturated rings. The first kappa shape index (κ1) is 26.0. The summed E-state index contributed by atoms with van der Waals surface area (Å²) in [5.41, 5.74) is -3.46. The summed E-state index contributed by atoms with van der Waals surface area (Å²) in [6, 6.07) is 1.12. The predicted molar refractivity (Wildman–Crippen MR) is 118 cm³/mol. The van der Waals surface area contributed by atoms with Crippen LogP contribution in [-0.4, -0.2) is 33.2 Å². The van der Waals surface area contributed by atoms with E-state index in [2.05, 4.69) is 10.3 Å². The van der Waals surface area contributed by atoms with Gasteiger partial charge < -0.3 is 10.6 Å². The van der Waals surface area contributed by atoms with Crippen LogP contribution in [0.15, 0.2) is 35.3 Å². The average Bonchev–Trinajstić information content (AvgIpc) is 2.70. The monoisotopic (exact) mass is 500 g/mol. The summed E-state index contributed by atoms with van der Waals surface area (Å²) in [4.78, 5) is 29.9. The number of fused-ring (bicyclic) bond motifs is 1. The number of aromatic nitrogens is 2. The van der Waals surface area contributed by atoms with Gasteiger partial charge in [-0.3, -0.25) is 14.2 Å². The molecule has 1 unspecified atom stereocenters. The molecule has 6 nitrogen and oxygen atoms in total. The number of benzene rings is 1. The van der Waals surface area contributed by atoms with Crippen molar-refractivity contribution in [3.05, 3.63) is 63.7 Å². The number of hydrogen-bond acceptors (Lipinski definition) is 4. The number of nitrogens with one attached hydrogen (secondary N) is 2. The van der Waals surface area contributed by atoms with E-state index in [9.17, 15) is 35.9 Å². The highest BCUT2D eigenvalue weighted by molar-refractivity contribution is 5.97. The number of rotatable bonds is 5. The quantitative estimate of drug-likeness (QED) is 0.479. The smallest absolute Gasteiger partial charge is 0.365 e. The molecule has 35 heavy (non-hydrogen) atoms. The molecule has 0 aliphatic carbocycles. The zero-order chi connectivity index (χ0) is 26.3. The van der Waals surface area contributed by atoms with Gasteiger partial charge in [-0.25, -0.2) is 18.2 Å². The molecule has 1 atom stereocenters. The third-order valence-electron chi connectivity index (χ3n) is 4.93. The van der Waals surface area contributed by atoms with Crippen molar-refractivity contribution in [2.45, 2.75) is 51.9 Å². The van der Waals surface area contributed by atoms with Crippen LogP contribution >= 0.6 is 0 Å². The molecule has 188 valence electrons. The second-order valence-corrected chi connectivity index (χ2v) is 8.88. The summed E-state index contributed by atoms with van der Waals surface area (Å²) in [5.74, 6) is -5.16. The highest BCUT2D eigenvalue weighted by Gasteiger charge is 2.39. The summed E-state index contributed by atoms with van der Waals surface area (Å²) in [6.45, 7) is 6.62. The van der Waals surface area contributed by atoms with Gasteiger partial charge >= 0.3 is 6.18 Å². The molecule has 0 aliphatic heterocycles. The molecule has 2 aromatic heterocycles. The van der Waals surface area contributed by atoms with Crippen molar-refractivity contribution in [2.24, 2.45) is 0 Å². The van der Waals surface area contributed by atoms with Crippen LogP contribution in [0.2, 0.25) is 0 Å². The molecule has 3 aromatic rings. The SMILES string of the molecule is CCC(NC(=O)c1cn(-c2c(F)cc(F)cc2F)c2nc(NC(C)(C)C)ccc2c1=O)C(F)(F)F. The summed E-state index contributed by atoms with van der Waals surface area (Å²) in [5, 5.41) is 4.46. The number of halogens is 6. The maximum atomic E-state index is 14.7. The molecule has 0 spiro atoms. The van der Waals surface area contributed by atoms with Crippen molar-refractivity contribution in [3.63, 3.8) is 0 Å². The second-order valence-electron chi connectivity index (χ2n) is 8.88. The van der Waals surface area contributed by atoms with Gasteiger partial charge in [0.25, 0.3) is 5.91 Å². The Balaban J connectivity index is 2.31. The zero-order valence-electron chi connectivity index (χ0n) is 19.1. The lowest BCUT2D eigenvalue weighted by molar-refractivity contribution is -0.153. The summed E-state index contributed by atoms with van der Waals surface area (Å²) in [6.07, 6.45) is -4.61. The zero-order valence-corrected chi connectivity index (χ0v) is 19.1. The molecule has 0 saturated heterocycles. The Morgan fingerprint density at radius 2 is 1.69 bits per heavy atom. The fourth-order valence-electron chi connectivity index (χ4n) is 3.41. The van der Waals surface area contributed by atoms with Crippen LogP contribution in [0.1, 0.15) is 44.5 Å². The van der Waals surface area contributed by atoms with Crippen molar-refractivity contribution < 1.29 is 31.1 Å². The first-order valence-corrected chi connectivity index (χ1v) is 10.5. The van der Waals surface area contributed by atoms with E-state index in [1.165, 1.54) is 19.1 Å². The molecule has 12 heteroatoms. The minimum atomic E-state index is -4.79. The Hall–Kier alpha value is -3.57. The molecule has 0 saturated carbocycles. The molecule has 2 heterocycles. The van der Waals surface area contributed by atoms with Crippen molar-refractivity contribution in [3.8, 4) is 5.69 Å².